The lowest BCUT2D eigenvalue weighted by Crippen LogP contribution is -2.93. The van der Waals surface area contributed by atoms with Gasteiger partial charge >= 0.3 is 0 Å². The molecule has 126 valence electrons. The molecule has 4 aliphatic rings. The van der Waals surface area contributed by atoms with Crippen molar-refractivity contribution in [3.63, 3.8) is 0 Å². The summed E-state index contributed by atoms with van der Waals surface area (Å²) in [7, 11) is 0. The molecular formula is C20H26N3O+. The number of aromatic nitrogens is 2. The van der Waals surface area contributed by atoms with Gasteiger partial charge in [-0.15, -0.1) is 0 Å². The number of fused-ring (bicyclic) bond motifs is 1. The van der Waals surface area contributed by atoms with Crippen molar-refractivity contribution in [3.05, 3.63) is 46.0 Å². The molecule has 24 heavy (non-hydrogen) atoms. The van der Waals surface area contributed by atoms with Crippen molar-refractivity contribution in [2.45, 2.75) is 51.6 Å². The van der Waals surface area contributed by atoms with E-state index in [1.54, 1.807) is 10.5 Å². The predicted octanol–water partition coefficient (Wildman–Crippen LogP) is 1.89. The highest BCUT2D eigenvalue weighted by Crippen LogP contribution is 2.52. The van der Waals surface area contributed by atoms with Crippen molar-refractivity contribution in [1.29, 1.82) is 0 Å². The Kier molecular flexibility index (Phi) is 3.30. The fourth-order valence-corrected chi connectivity index (χ4v) is 6.08. The van der Waals surface area contributed by atoms with Gasteiger partial charge in [0.1, 0.15) is 17.9 Å². The minimum Gasteiger partial charge on any atom is -0.338 e. The number of nitrogens with two attached hydrogens (primary N) is 1. The first-order valence-corrected chi connectivity index (χ1v) is 9.49. The molecule has 0 atom stereocenters. The second-order valence-electron chi connectivity index (χ2n) is 8.39. The van der Waals surface area contributed by atoms with Crippen molar-refractivity contribution in [1.82, 2.24) is 9.38 Å². The maximum Gasteiger partial charge on any atom is 0.258 e. The minimum absolute atomic E-state index is 0.0478. The van der Waals surface area contributed by atoms with Crippen LogP contribution in [0.1, 0.15) is 43.5 Å². The average molecular weight is 324 g/mol. The average Bonchev–Trinajstić information content (AvgIpc) is 2.53. The number of nitrogens with zero attached hydrogens (tertiary/aromatic N) is 2. The molecule has 0 spiro atoms. The molecule has 0 amide bonds. The van der Waals surface area contributed by atoms with Gasteiger partial charge < -0.3 is 5.32 Å². The van der Waals surface area contributed by atoms with Crippen LogP contribution in [0.2, 0.25) is 0 Å². The zero-order chi connectivity index (χ0) is 16.3. The molecule has 0 saturated heterocycles. The SMILES string of the molecule is Cc1cccc2nc(C[NH2+]C3C4CC5CC(C4)CC3C5)cc(=O)n12. The van der Waals surface area contributed by atoms with Crippen LogP contribution in [0.15, 0.2) is 29.1 Å². The number of hydrogen-bond acceptors (Lipinski definition) is 2. The molecule has 0 aliphatic heterocycles. The summed E-state index contributed by atoms with van der Waals surface area (Å²) in [6.07, 6.45) is 7.28. The monoisotopic (exact) mass is 324 g/mol. The van der Waals surface area contributed by atoms with Gasteiger partial charge in [-0.3, -0.25) is 9.20 Å². The lowest BCUT2D eigenvalue weighted by Gasteiger charge is -2.52. The Balaban J connectivity index is 1.37. The summed E-state index contributed by atoms with van der Waals surface area (Å²) >= 11 is 0. The van der Waals surface area contributed by atoms with Crippen molar-refractivity contribution >= 4 is 5.65 Å². The molecule has 2 N–H and O–H groups in total. The fourth-order valence-electron chi connectivity index (χ4n) is 6.08. The lowest BCUT2D eigenvalue weighted by atomic mass is 9.54. The van der Waals surface area contributed by atoms with Crippen molar-refractivity contribution in [2.24, 2.45) is 23.7 Å². The highest BCUT2D eigenvalue weighted by molar-refractivity contribution is 5.40. The zero-order valence-electron chi connectivity index (χ0n) is 14.3. The molecular weight excluding hydrogens is 298 g/mol. The van der Waals surface area contributed by atoms with Crippen LogP contribution in [0, 0.1) is 30.6 Å². The van der Waals surface area contributed by atoms with Gasteiger partial charge in [-0.05, 0) is 63.0 Å². The molecule has 4 aliphatic carbocycles. The quantitative estimate of drug-likeness (QED) is 0.937. The van der Waals surface area contributed by atoms with E-state index in [1.807, 2.05) is 25.1 Å². The van der Waals surface area contributed by atoms with E-state index in [2.05, 4.69) is 5.32 Å². The summed E-state index contributed by atoms with van der Waals surface area (Å²) in [4.78, 5) is 17.2. The maximum atomic E-state index is 12.4. The number of aryl methyl sites for hydroxylation is 1. The van der Waals surface area contributed by atoms with E-state index in [9.17, 15) is 4.79 Å². The first kappa shape index (κ1) is 14.6. The van der Waals surface area contributed by atoms with Crippen LogP contribution in [-0.4, -0.2) is 15.4 Å². The Morgan fingerprint density at radius 2 is 1.83 bits per heavy atom. The normalized spacial score (nSPS) is 34.1. The van der Waals surface area contributed by atoms with Crippen molar-refractivity contribution in [3.8, 4) is 0 Å². The smallest absolute Gasteiger partial charge is 0.258 e. The second kappa shape index (κ2) is 5.41. The van der Waals surface area contributed by atoms with Gasteiger partial charge in [0.25, 0.3) is 5.56 Å². The van der Waals surface area contributed by atoms with E-state index in [0.29, 0.717) is 0 Å². The number of rotatable bonds is 3. The molecule has 2 aromatic rings. The van der Waals surface area contributed by atoms with Gasteiger partial charge in [-0.2, -0.15) is 0 Å². The molecule has 0 radical (unpaired) electrons. The molecule has 2 heterocycles. The van der Waals surface area contributed by atoms with Crippen LogP contribution in [0.4, 0.5) is 0 Å². The fraction of sp³-hybridized carbons (Fsp3) is 0.600. The van der Waals surface area contributed by atoms with Crippen LogP contribution in [0.25, 0.3) is 5.65 Å². The van der Waals surface area contributed by atoms with Crippen LogP contribution < -0.4 is 10.9 Å². The topological polar surface area (TPSA) is 51.0 Å². The Morgan fingerprint density at radius 1 is 1.12 bits per heavy atom. The number of quaternary nitrogens is 1. The third-order valence-corrected chi connectivity index (χ3v) is 6.83. The molecule has 4 bridgehead atoms. The molecule has 0 unspecified atom stereocenters. The van der Waals surface area contributed by atoms with Crippen molar-refractivity contribution in [2.75, 3.05) is 0 Å². The Morgan fingerprint density at radius 3 is 2.54 bits per heavy atom. The lowest BCUT2D eigenvalue weighted by molar-refractivity contribution is -0.723. The third-order valence-electron chi connectivity index (χ3n) is 6.83. The Bertz CT molecular complexity index is 812. The standard InChI is InChI=1S/C20H25N3O/c1-12-3-2-4-18-22-17(10-19(24)23(12)18)11-21-20-15-6-13-5-14(8-15)9-16(20)7-13/h2-4,10,13-16,20-21H,5-9,11H2,1H3/p+1. The van der Waals surface area contributed by atoms with Gasteiger partial charge in [0.05, 0.1) is 6.04 Å². The zero-order valence-corrected chi connectivity index (χ0v) is 14.3. The second-order valence-corrected chi connectivity index (χ2v) is 8.39. The summed E-state index contributed by atoms with van der Waals surface area (Å²) in [5, 5.41) is 2.50. The maximum absolute atomic E-state index is 12.4. The van der Waals surface area contributed by atoms with Gasteiger partial charge in [0.15, 0.2) is 0 Å². The summed E-state index contributed by atoms with van der Waals surface area (Å²) in [5.41, 5.74) is 2.70. The van der Waals surface area contributed by atoms with E-state index in [4.69, 9.17) is 4.98 Å². The van der Waals surface area contributed by atoms with E-state index in [1.165, 1.54) is 32.1 Å². The first-order chi connectivity index (χ1) is 11.7. The molecule has 6 rings (SSSR count). The molecule has 2 aromatic heterocycles. The Labute approximate surface area is 142 Å². The van der Waals surface area contributed by atoms with Crippen LogP contribution in [0.5, 0.6) is 0 Å². The molecule has 4 heteroatoms. The summed E-state index contributed by atoms with van der Waals surface area (Å²) in [5.74, 6) is 3.85. The van der Waals surface area contributed by atoms with Gasteiger partial charge in [0.2, 0.25) is 0 Å². The highest BCUT2D eigenvalue weighted by atomic mass is 16.1. The van der Waals surface area contributed by atoms with Gasteiger partial charge in [0, 0.05) is 23.6 Å². The van der Waals surface area contributed by atoms with E-state index < -0.39 is 0 Å². The molecule has 4 nitrogen and oxygen atoms in total. The van der Waals surface area contributed by atoms with Crippen LogP contribution in [-0.2, 0) is 6.54 Å². The summed E-state index contributed by atoms with van der Waals surface area (Å²) < 4.78 is 1.70. The predicted molar refractivity (Wildman–Crippen MR) is 92.7 cm³/mol. The summed E-state index contributed by atoms with van der Waals surface area (Å²) in [6.45, 7) is 2.79. The van der Waals surface area contributed by atoms with Crippen LogP contribution >= 0.6 is 0 Å². The first-order valence-electron chi connectivity index (χ1n) is 9.49. The third kappa shape index (κ3) is 2.31. The number of pyridine rings is 1. The van der Waals surface area contributed by atoms with Crippen LogP contribution in [0.3, 0.4) is 0 Å². The van der Waals surface area contributed by atoms with Crippen molar-refractivity contribution < 1.29 is 5.32 Å². The number of hydrogen-bond donors (Lipinski definition) is 1. The Hall–Kier alpha value is -1.68. The van der Waals surface area contributed by atoms with Gasteiger partial charge in [-0.25, -0.2) is 4.98 Å². The van der Waals surface area contributed by atoms with Gasteiger partial charge in [-0.1, -0.05) is 6.07 Å². The van der Waals surface area contributed by atoms with E-state index in [-0.39, 0.29) is 5.56 Å². The largest absolute Gasteiger partial charge is 0.338 e. The minimum atomic E-state index is 0.0478. The molecule has 4 fully saturated rings. The van der Waals surface area contributed by atoms with E-state index in [0.717, 1.165) is 53.3 Å². The van der Waals surface area contributed by atoms with E-state index >= 15 is 0 Å². The molecule has 0 aromatic carbocycles. The highest BCUT2D eigenvalue weighted by Gasteiger charge is 2.50. The summed E-state index contributed by atoms with van der Waals surface area (Å²) in [6, 6.07) is 8.35. The molecule has 4 saturated carbocycles.